The summed E-state index contributed by atoms with van der Waals surface area (Å²) >= 11 is 0. The first-order chi connectivity index (χ1) is 8.16. The number of aryl methyl sites for hydroxylation is 1. The van der Waals surface area contributed by atoms with E-state index < -0.39 is 0 Å². The average molecular weight is 228 g/mol. The van der Waals surface area contributed by atoms with Crippen molar-refractivity contribution in [1.82, 2.24) is 9.55 Å². The third kappa shape index (κ3) is 1.75. The Morgan fingerprint density at radius 1 is 1.47 bits per heavy atom. The number of para-hydroxylation sites is 1. The van der Waals surface area contributed by atoms with Crippen molar-refractivity contribution in [2.75, 3.05) is 0 Å². The standard InChI is InChI=1S/C14H16N2O/c1-9-4-3-5-12-14(9)16(11-6-7-11)13(15-12)8-10(2)17/h3-5,11H,6-8H2,1-2H3. The number of nitrogens with zero attached hydrogens (tertiary/aromatic N) is 2. The molecule has 0 bridgehead atoms. The van der Waals surface area contributed by atoms with Crippen LogP contribution in [0.15, 0.2) is 18.2 Å². The van der Waals surface area contributed by atoms with Crippen LogP contribution in [0.4, 0.5) is 0 Å². The highest BCUT2D eigenvalue weighted by Crippen LogP contribution is 2.39. The normalized spacial score (nSPS) is 15.4. The Balaban J connectivity index is 2.24. The summed E-state index contributed by atoms with van der Waals surface area (Å²) in [5, 5.41) is 0. The van der Waals surface area contributed by atoms with Gasteiger partial charge in [-0.15, -0.1) is 0 Å². The fraction of sp³-hybridized carbons (Fsp3) is 0.429. The fourth-order valence-electron chi connectivity index (χ4n) is 2.44. The van der Waals surface area contributed by atoms with E-state index >= 15 is 0 Å². The summed E-state index contributed by atoms with van der Waals surface area (Å²) in [7, 11) is 0. The highest BCUT2D eigenvalue weighted by Gasteiger charge is 2.28. The van der Waals surface area contributed by atoms with Gasteiger partial charge in [-0.1, -0.05) is 12.1 Å². The number of ketones is 1. The second kappa shape index (κ2) is 3.69. The van der Waals surface area contributed by atoms with Gasteiger partial charge in [-0.3, -0.25) is 4.79 Å². The van der Waals surface area contributed by atoms with Gasteiger partial charge in [0.15, 0.2) is 0 Å². The molecule has 3 heteroatoms. The number of aromatic nitrogens is 2. The van der Waals surface area contributed by atoms with E-state index in [9.17, 15) is 4.79 Å². The van der Waals surface area contributed by atoms with Crippen molar-refractivity contribution in [3.05, 3.63) is 29.6 Å². The Labute approximate surface area is 100 Å². The molecule has 0 N–H and O–H groups in total. The number of hydrogen-bond donors (Lipinski definition) is 0. The Morgan fingerprint density at radius 2 is 2.24 bits per heavy atom. The fourth-order valence-corrected chi connectivity index (χ4v) is 2.44. The molecule has 1 aliphatic rings. The van der Waals surface area contributed by atoms with Crippen LogP contribution >= 0.6 is 0 Å². The molecule has 2 aromatic rings. The summed E-state index contributed by atoms with van der Waals surface area (Å²) in [4.78, 5) is 15.9. The molecule has 0 radical (unpaired) electrons. The zero-order valence-electron chi connectivity index (χ0n) is 10.2. The van der Waals surface area contributed by atoms with Crippen LogP contribution in [0.5, 0.6) is 0 Å². The van der Waals surface area contributed by atoms with Gasteiger partial charge in [-0.2, -0.15) is 0 Å². The van der Waals surface area contributed by atoms with Crippen LogP contribution in [0.25, 0.3) is 11.0 Å². The quantitative estimate of drug-likeness (QED) is 0.809. The van der Waals surface area contributed by atoms with Crippen LogP contribution in [-0.4, -0.2) is 15.3 Å². The molecule has 17 heavy (non-hydrogen) atoms. The highest BCUT2D eigenvalue weighted by atomic mass is 16.1. The van der Waals surface area contributed by atoms with Gasteiger partial charge in [-0.05, 0) is 38.3 Å². The van der Waals surface area contributed by atoms with Crippen molar-refractivity contribution in [1.29, 1.82) is 0 Å². The minimum absolute atomic E-state index is 0.180. The van der Waals surface area contributed by atoms with E-state index in [1.54, 1.807) is 6.92 Å². The maximum Gasteiger partial charge on any atom is 0.137 e. The van der Waals surface area contributed by atoms with E-state index in [0.29, 0.717) is 12.5 Å². The zero-order chi connectivity index (χ0) is 12.0. The monoisotopic (exact) mass is 228 g/mol. The van der Waals surface area contributed by atoms with Gasteiger partial charge in [0.25, 0.3) is 0 Å². The van der Waals surface area contributed by atoms with Crippen LogP contribution in [0.2, 0.25) is 0 Å². The van der Waals surface area contributed by atoms with E-state index in [1.165, 1.54) is 23.9 Å². The molecule has 0 amide bonds. The van der Waals surface area contributed by atoms with Crippen LogP contribution < -0.4 is 0 Å². The van der Waals surface area contributed by atoms with Crippen molar-refractivity contribution >= 4 is 16.8 Å². The summed E-state index contributed by atoms with van der Waals surface area (Å²) in [5.41, 5.74) is 3.48. The molecule has 1 saturated carbocycles. The Morgan fingerprint density at radius 3 is 2.88 bits per heavy atom. The second-order valence-corrected chi connectivity index (χ2v) is 4.95. The molecular weight excluding hydrogens is 212 g/mol. The van der Waals surface area contributed by atoms with Gasteiger partial charge in [0.1, 0.15) is 11.6 Å². The van der Waals surface area contributed by atoms with E-state index in [0.717, 1.165) is 11.3 Å². The average Bonchev–Trinajstić information content (AvgIpc) is 3.01. The summed E-state index contributed by atoms with van der Waals surface area (Å²) < 4.78 is 2.28. The third-order valence-corrected chi connectivity index (χ3v) is 3.30. The summed E-state index contributed by atoms with van der Waals surface area (Å²) in [6, 6.07) is 6.74. The SMILES string of the molecule is CC(=O)Cc1nc2cccc(C)c2n1C1CC1. The third-order valence-electron chi connectivity index (χ3n) is 3.30. The number of hydrogen-bond acceptors (Lipinski definition) is 2. The Kier molecular flexibility index (Phi) is 2.28. The van der Waals surface area contributed by atoms with Gasteiger partial charge >= 0.3 is 0 Å². The number of carbonyl (C=O) groups is 1. The van der Waals surface area contributed by atoms with E-state index in [4.69, 9.17) is 0 Å². The molecule has 3 nitrogen and oxygen atoms in total. The highest BCUT2D eigenvalue weighted by molar-refractivity contribution is 5.83. The van der Waals surface area contributed by atoms with Crippen molar-refractivity contribution in [2.24, 2.45) is 0 Å². The molecule has 1 aliphatic carbocycles. The molecule has 1 aromatic heterocycles. The topological polar surface area (TPSA) is 34.9 Å². The Hall–Kier alpha value is -1.64. The van der Waals surface area contributed by atoms with Crippen LogP contribution in [0, 0.1) is 6.92 Å². The van der Waals surface area contributed by atoms with Crippen molar-refractivity contribution < 1.29 is 4.79 Å². The first-order valence-electron chi connectivity index (χ1n) is 6.12. The summed E-state index contributed by atoms with van der Waals surface area (Å²) in [6.45, 7) is 3.74. The predicted octanol–water partition coefficient (Wildman–Crippen LogP) is 2.81. The molecule has 0 spiro atoms. The molecule has 1 heterocycles. The molecule has 1 aromatic carbocycles. The summed E-state index contributed by atoms with van der Waals surface area (Å²) in [5.74, 6) is 1.11. The lowest BCUT2D eigenvalue weighted by atomic mass is 10.2. The lowest BCUT2D eigenvalue weighted by Gasteiger charge is -2.07. The first-order valence-corrected chi connectivity index (χ1v) is 6.12. The van der Waals surface area contributed by atoms with Crippen LogP contribution in [0.3, 0.4) is 0 Å². The molecule has 0 saturated heterocycles. The molecule has 88 valence electrons. The van der Waals surface area contributed by atoms with Crippen LogP contribution in [0.1, 0.15) is 37.2 Å². The minimum atomic E-state index is 0.180. The zero-order valence-corrected chi connectivity index (χ0v) is 10.2. The lowest BCUT2D eigenvalue weighted by Crippen LogP contribution is -2.06. The molecule has 3 rings (SSSR count). The van der Waals surface area contributed by atoms with E-state index in [-0.39, 0.29) is 5.78 Å². The van der Waals surface area contributed by atoms with Gasteiger partial charge in [0, 0.05) is 6.04 Å². The second-order valence-electron chi connectivity index (χ2n) is 4.95. The maximum absolute atomic E-state index is 11.3. The van der Waals surface area contributed by atoms with Gasteiger partial charge in [-0.25, -0.2) is 4.98 Å². The van der Waals surface area contributed by atoms with E-state index in [2.05, 4.69) is 22.5 Å². The number of Topliss-reactive ketones (excluding diaryl/α,β-unsaturated/α-hetero) is 1. The molecule has 0 aliphatic heterocycles. The predicted molar refractivity (Wildman–Crippen MR) is 67.1 cm³/mol. The first kappa shape index (κ1) is 10.5. The number of rotatable bonds is 3. The maximum atomic E-state index is 11.3. The Bertz CT molecular complexity index is 594. The molecule has 0 atom stereocenters. The van der Waals surface area contributed by atoms with Crippen molar-refractivity contribution in [2.45, 2.75) is 39.2 Å². The van der Waals surface area contributed by atoms with Crippen molar-refractivity contribution in [3.8, 4) is 0 Å². The van der Waals surface area contributed by atoms with Gasteiger partial charge in [0.05, 0.1) is 17.5 Å². The number of fused-ring (bicyclic) bond motifs is 1. The van der Waals surface area contributed by atoms with Gasteiger partial charge in [0.2, 0.25) is 0 Å². The molecular formula is C14H16N2O. The number of imidazole rings is 1. The smallest absolute Gasteiger partial charge is 0.137 e. The lowest BCUT2D eigenvalue weighted by molar-refractivity contribution is -0.116. The molecule has 1 fully saturated rings. The van der Waals surface area contributed by atoms with E-state index in [1.807, 2.05) is 12.1 Å². The van der Waals surface area contributed by atoms with Crippen molar-refractivity contribution in [3.63, 3.8) is 0 Å². The number of benzene rings is 1. The molecule has 0 unspecified atom stereocenters. The van der Waals surface area contributed by atoms with Crippen LogP contribution in [-0.2, 0) is 11.2 Å². The number of carbonyl (C=O) groups excluding carboxylic acids is 1. The summed E-state index contributed by atoms with van der Waals surface area (Å²) in [6.07, 6.45) is 2.88. The minimum Gasteiger partial charge on any atom is -0.324 e. The largest absolute Gasteiger partial charge is 0.324 e. The van der Waals surface area contributed by atoms with Gasteiger partial charge < -0.3 is 4.57 Å².